The number of aryl methyl sites for hydroxylation is 1. The Balaban J connectivity index is 1.87. The zero-order valence-corrected chi connectivity index (χ0v) is 19.1. The third kappa shape index (κ3) is 6.18. The Kier molecular flexibility index (Phi) is 8.00. The lowest BCUT2D eigenvalue weighted by molar-refractivity contribution is 0.341. The average molecular weight is 431 g/mol. The summed E-state index contributed by atoms with van der Waals surface area (Å²) in [6.45, 7) is 11.3. The second-order valence-corrected chi connectivity index (χ2v) is 7.36. The van der Waals surface area contributed by atoms with Crippen LogP contribution in [0.5, 0.6) is 17.2 Å². The van der Waals surface area contributed by atoms with Crippen molar-refractivity contribution in [3.63, 3.8) is 0 Å². The van der Waals surface area contributed by atoms with E-state index in [0.29, 0.717) is 19.0 Å². The van der Waals surface area contributed by atoms with Crippen molar-refractivity contribution < 1.29 is 9.47 Å². The van der Waals surface area contributed by atoms with E-state index in [2.05, 4.69) is 22.2 Å². The summed E-state index contributed by atoms with van der Waals surface area (Å²) in [6.07, 6.45) is 1.75. The Morgan fingerprint density at radius 3 is 2.62 bits per heavy atom. The molecule has 6 heteroatoms. The molecule has 0 aliphatic rings. The summed E-state index contributed by atoms with van der Waals surface area (Å²) >= 11 is 0. The van der Waals surface area contributed by atoms with Crippen LogP contribution >= 0.6 is 0 Å². The van der Waals surface area contributed by atoms with Crippen LogP contribution < -0.4 is 20.1 Å². The van der Waals surface area contributed by atoms with Crippen molar-refractivity contribution in [3.8, 4) is 17.2 Å². The number of pyridine rings is 1. The molecule has 2 N–H and O–H groups in total. The molecule has 0 unspecified atom stereocenters. The minimum absolute atomic E-state index is 0.575. The average Bonchev–Trinajstić information content (AvgIpc) is 2.77. The minimum Gasteiger partial charge on any atom is -0.492 e. The molecule has 1 aromatic heterocycles. The summed E-state index contributed by atoms with van der Waals surface area (Å²) in [6, 6.07) is 17.4. The van der Waals surface area contributed by atoms with Gasteiger partial charge in [0.1, 0.15) is 28.8 Å². The smallest absolute Gasteiger partial charge is 0.144 e. The second kappa shape index (κ2) is 11.1. The third-order valence-corrected chi connectivity index (χ3v) is 4.65. The Morgan fingerprint density at radius 2 is 1.88 bits per heavy atom. The van der Waals surface area contributed by atoms with E-state index in [1.165, 1.54) is 0 Å². The molecule has 2 aromatic carbocycles. The zero-order valence-electron chi connectivity index (χ0n) is 19.1. The lowest BCUT2D eigenvalue weighted by Gasteiger charge is -2.15. The Bertz CT molecular complexity index is 1110. The van der Waals surface area contributed by atoms with Crippen LogP contribution in [0.3, 0.4) is 0 Å². The summed E-state index contributed by atoms with van der Waals surface area (Å²) in [4.78, 5) is 9.11. The monoisotopic (exact) mass is 430 g/mol. The van der Waals surface area contributed by atoms with Crippen LogP contribution in [0.4, 0.5) is 11.4 Å². The van der Waals surface area contributed by atoms with Gasteiger partial charge in [-0.05, 0) is 63.2 Å². The number of ether oxygens (including phenoxy) is 2. The third-order valence-electron chi connectivity index (χ3n) is 4.65. The molecule has 0 fully saturated rings. The van der Waals surface area contributed by atoms with Crippen molar-refractivity contribution in [2.45, 2.75) is 27.3 Å². The zero-order chi connectivity index (χ0) is 22.9. The molecule has 0 aliphatic carbocycles. The van der Waals surface area contributed by atoms with Crippen LogP contribution in [0.2, 0.25) is 0 Å². The number of amidine groups is 1. The van der Waals surface area contributed by atoms with Crippen LogP contribution in [-0.2, 0) is 6.54 Å². The number of hydrogen-bond acceptors (Lipinski definition) is 5. The Morgan fingerprint density at radius 1 is 1.09 bits per heavy atom. The highest BCUT2D eigenvalue weighted by Crippen LogP contribution is 2.30. The van der Waals surface area contributed by atoms with Crippen molar-refractivity contribution >= 4 is 17.2 Å². The first-order chi connectivity index (χ1) is 15.5. The molecule has 1 heterocycles. The molecule has 0 bridgehead atoms. The summed E-state index contributed by atoms with van der Waals surface area (Å²) in [5.41, 5.74) is 4.43. The fraction of sp³-hybridized carbons (Fsp3) is 0.231. The maximum atomic E-state index is 6.08. The van der Waals surface area contributed by atoms with Crippen molar-refractivity contribution in [1.82, 2.24) is 10.3 Å². The summed E-state index contributed by atoms with van der Waals surface area (Å²) < 4.78 is 11.8. The largest absolute Gasteiger partial charge is 0.492 e. The number of hydrogen-bond donors (Lipinski definition) is 2. The van der Waals surface area contributed by atoms with Gasteiger partial charge >= 0.3 is 0 Å². The normalized spacial score (nSPS) is 11.2. The van der Waals surface area contributed by atoms with Crippen molar-refractivity contribution in [1.29, 1.82) is 0 Å². The van der Waals surface area contributed by atoms with E-state index in [4.69, 9.17) is 14.5 Å². The fourth-order valence-electron chi connectivity index (χ4n) is 3.04. The number of aromatic nitrogens is 1. The second-order valence-electron chi connectivity index (χ2n) is 7.36. The fourth-order valence-corrected chi connectivity index (χ4v) is 3.04. The first kappa shape index (κ1) is 23.0. The number of rotatable bonds is 9. The van der Waals surface area contributed by atoms with E-state index in [1.807, 2.05) is 82.4 Å². The van der Waals surface area contributed by atoms with Gasteiger partial charge in [-0.25, -0.2) is 4.99 Å². The molecule has 6 nitrogen and oxygen atoms in total. The number of para-hydroxylation sites is 2. The van der Waals surface area contributed by atoms with Crippen LogP contribution in [0.1, 0.15) is 25.1 Å². The quantitative estimate of drug-likeness (QED) is 0.321. The number of anilines is 1. The summed E-state index contributed by atoms with van der Waals surface area (Å²) in [5.74, 6) is 2.85. The van der Waals surface area contributed by atoms with Crippen LogP contribution in [0.25, 0.3) is 0 Å². The highest BCUT2D eigenvalue weighted by molar-refractivity contribution is 6.09. The Labute approximate surface area is 190 Å². The number of benzene rings is 2. The predicted octanol–water partition coefficient (Wildman–Crippen LogP) is 6.02. The van der Waals surface area contributed by atoms with Crippen LogP contribution in [0, 0.1) is 6.92 Å². The van der Waals surface area contributed by atoms with E-state index in [0.717, 1.165) is 45.5 Å². The molecule has 0 aliphatic heterocycles. The summed E-state index contributed by atoms with van der Waals surface area (Å²) in [5, 5.41) is 6.51. The van der Waals surface area contributed by atoms with Gasteiger partial charge in [-0.3, -0.25) is 4.98 Å². The van der Waals surface area contributed by atoms with Gasteiger partial charge in [0, 0.05) is 30.6 Å². The van der Waals surface area contributed by atoms with Gasteiger partial charge in [-0.15, -0.1) is 0 Å². The van der Waals surface area contributed by atoms with Gasteiger partial charge in [0.2, 0.25) is 0 Å². The molecule has 3 rings (SSSR count). The maximum absolute atomic E-state index is 6.08. The van der Waals surface area contributed by atoms with E-state index in [1.54, 1.807) is 6.20 Å². The molecule has 0 amide bonds. The minimum atomic E-state index is 0.575. The number of aliphatic imine (C=N–C) groups is 1. The maximum Gasteiger partial charge on any atom is 0.144 e. The van der Waals surface area contributed by atoms with Gasteiger partial charge < -0.3 is 20.1 Å². The van der Waals surface area contributed by atoms with Crippen LogP contribution in [-0.4, -0.2) is 24.5 Å². The molecular formula is C26H30N4O2. The lowest BCUT2D eigenvalue weighted by Crippen LogP contribution is -2.13. The molecule has 0 atom stereocenters. The molecule has 0 saturated carbocycles. The van der Waals surface area contributed by atoms with Gasteiger partial charge in [0.05, 0.1) is 12.3 Å². The highest BCUT2D eigenvalue weighted by Gasteiger charge is 2.09. The van der Waals surface area contributed by atoms with Gasteiger partial charge in [-0.1, -0.05) is 24.8 Å². The molecule has 0 spiro atoms. The predicted molar refractivity (Wildman–Crippen MR) is 131 cm³/mol. The lowest BCUT2D eigenvalue weighted by atomic mass is 10.1. The van der Waals surface area contributed by atoms with E-state index in [-0.39, 0.29) is 0 Å². The molecule has 3 aromatic rings. The highest BCUT2D eigenvalue weighted by atomic mass is 16.5. The van der Waals surface area contributed by atoms with Crippen molar-refractivity contribution in [2.24, 2.45) is 4.99 Å². The van der Waals surface area contributed by atoms with E-state index >= 15 is 0 Å². The van der Waals surface area contributed by atoms with Gasteiger partial charge in [0.25, 0.3) is 0 Å². The standard InChI is InChI=1S/C26H30N4O2/c1-6-31-25-10-8-7-9-23(25)29-26(18(2)3)30-24-16-21(12-11-19(24)4)32-22-13-14-28-20(15-22)17-27-5/h7-16,27H,2,6,17H2,1,3-5H3,(H,29,30). The van der Waals surface area contributed by atoms with Crippen molar-refractivity contribution in [2.75, 3.05) is 19.0 Å². The molecule has 0 radical (unpaired) electrons. The van der Waals surface area contributed by atoms with E-state index in [9.17, 15) is 0 Å². The number of nitrogens with one attached hydrogen (secondary N) is 2. The topological polar surface area (TPSA) is 67.8 Å². The SMILES string of the molecule is C=C(C)C(=Nc1ccccc1OCC)Nc1cc(Oc2ccnc(CNC)c2)ccc1C. The van der Waals surface area contributed by atoms with Crippen LogP contribution in [0.15, 0.2) is 77.9 Å². The van der Waals surface area contributed by atoms with E-state index < -0.39 is 0 Å². The van der Waals surface area contributed by atoms with Gasteiger partial charge in [-0.2, -0.15) is 0 Å². The molecular weight excluding hydrogens is 400 g/mol. The number of nitrogens with zero attached hydrogens (tertiary/aromatic N) is 2. The molecule has 32 heavy (non-hydrogen) atoms. The molecule has 0 saturated heterocycles. The molecule has 166 valence electrons. The first-order valence-electron chi connectivity index (χ1n) is 10.6. The summed E-state index contributed by atoms with van der Waals surface area (Å²) in [7, 11) is 1.89. The Hall–Kier alpha value is -3.64. The first-order valence-corrected chi connectivity index (χ1v) is 10.6. The van der Waals surface area contributed by atoms with Gasteiger partial charge in [0.15, 0.2) is 0 Å². The van der Waals surface area contributed by atoms with Crippen molar-refractivity contribution in [3.05, 3.63) is 84.2 Å².